The standard InChI is InChI=1S/C25H24N2O2S/c1-28-22-13-12-18(15-23(22)29-2)20-16-27(21-10-4-3-9-19(20)21)30-24-11-5-7-17-8-6-14-26-25(17)24/h3-13,15,20,26H,14,16H2,1-2H3. The number of nitrogens with zero attached hydrogens (tertiary/aromatic N) is 1. The number of ether oxygens (including phenoxy) is 2. The lowest BCUT2D eigenvalue weighted by Gasteiger charge is -2.23. The maximum atomic E-state index is 5.55. The van der Waals surface area contributed by atoms with Gasteiger partial charge in [0.2, 0.25) is 0 Å². The Hall–Kier alpha value is -3.05. The Balaban J connectivity index is 1.49. The maximum absolute atomic E-state index is 5.55. The fourth-order valence-electron chi connectivity index (χ4n) is 4.23. The third kappa shape index (κ3) is 3.29. The van der Waals surface area contributed by atoms with Gasteiger partial charge in [-0.25, -0.2) is 0 Å². The minimum atomic E-state index is 0.279. The van der Waals surface area contributed by atoms with Gasteiger partial charge < -0.3 is 19.1 Å². The van der Waals surface area contributed by atoms with Crippen molar-refractivity contribution >= 4 is 29.4 Å². The Kier molecular flexibility index (Phi) is 5.05. The normalized spacial score (nSPS) is 16.6. The second-order valence-corrected chi connectivity index (χ2v) is 8.45. The topological polar surface area (TPSA) is 33.7 Å². The third-order valence-corrected chi connectivity index (χ3v) is 6.80. The Bertz CT molecular complexity index is 1110. The fourth-order valence-corrected chi connectivity index (χ4v) is 5.38. The Morgan fingerprint density at radius 2 is 1.83 bits per heavy atom. The Morgan fingerprint density at radius 1 is 0.967 bits per heavy atom. The van der Waals surface area contributed by atoms with E-state index in [0.29, 0.717) is 0 Å². The van der Waals surface area contributed by atoms with Gasteiger partial charge in [-0.05, 0) is 52.9 Å². The zero-order valence-corrected chi connectivity index (χ0v) is 17.9. The molecule has 2 heterocycles. The zero-order valence-electron chi connectivity index (χ0n) is 17.1. The van der Waals surface area contributed by atoms with E-state index in [1.807, 2.05) is 6.07 Å². The summed E-state index contributed by atoms with van der Waals surface area (Å²) in [7, 11) is 3.36. The third-order valence-electron chi connectivity index (χ3n) is 5.70. The first-order chi connectivity index (χ1) is 14.8. The number of nitrogens with one attached hydrogen (secondary N) is 1. The van der Waals surface area contributed by atoms with Crippen molar-refractivity contribution in [3.8, 4) is 11.5 Å². The van der Waals surface area contributed by atoms with Gasteiger partial charge in [-0.1, -0.05) is 48.6 Å². The van der Waals surface area contributed by atoms with Crippen LogP contribution in [0.25, 0.3) is 6.08 Å². The minimum absolute atomic E-state index is 0.279. The van der Waals surface area contributed by atoms with Crippen molar-refractivity contribution in [2.24, 2.45) is 0 Å². The van der Waals surface area contributed by atoms with Crippen molar-refractivity contribution < 1.29 is 9.47 Å². The number of fused-ring (bicyclic) bond motifs is 2. The number of methoxy groups -OCH3 is 2. The molecule has 0 saturated carbocycles. The van der Waals surface area contributed by atoms with Gasteiger partial charge in [0.25, 0.3) is 0 Å². The average molecular weight is 417 g/mol. The van der Waals surface area contributed by atoms with Crippen molar-refractivity contribution in [1.82, 2.24) is 0 Å². The lowest BCUT2D eigenvalue weighted by molar-refractivity contribution is 0.354. The van der Waals surface area contributed by atoms with Crippen molar-refractivity contribution in [2.75, 3.05) is 36.9 Å². The summed E-state index contributed by atoms with van der Waals surface area (Å²) in [6, 6.07) is 21.4. The number of hydrogen-bond acceptors (Lipinski definition) is 5. The van der Waals surface area contributed by atoms with E-state index < -0.39 is 0 Å². The van der Waals surface area contributed by atoms with Crippen LogP contribution in [0, 0.1) is 0 Å². The summed E-state index contributed by atoms with van der Waals surface area (Å²) in [4.78, 5) is 1.25. The Labute approximate surface area is 181 Å². The first-order valence-electron chi connectivity index (χ1n) is 10.1. The molecule has 2 aliphatic rings. The molecule has 152 valence electrons. The highest BCUT2D eigenvalue weighted by Gasteiger charge is 2.31. The van der Waals surface area contributed by atoms with E-state index in [9.17, 15) is 0 Å². The van der Waals surface area contributed by atoms with Crippen LogP contribution in [0.5, 0.6) is 11.5 Å². The largest absolute Gasteiger partial charge is 0.493 e. The van der Waals surface area contributed by atoms with Crippen molar-refractivity contribution in [3.63, 3.8) is 0 Å². The van der Waals surface area contributed by atoms with Crippen molar-refractivity contribution in [3.05, 3.63) is 83.4 Å². The molecular weight excluding hydrogens is 392 g/mol. The monoisotopic (exact) mass is 416 g/mol. The molecule has 0 fully saturated rings. The first kappa shape index (κ1) is 18.9. The molecular formula is C25H24N2O2S. The van der Waals surface area contributed by atoms with Gasteiger partial charge in [0.05, 0.1) is 30.5 Å². The molecule has 0 aromatic heterocycles. The SMILES string of the molecule is COc1ccc(C2CN(Sc3cccc4c3NCC=C4)c3ccccc32)cc1OC. The molecule has 0 spiro atoms. The van der Waals surface area contributed by atoms with Crippen molar-refractivity contribution in [1.29, 1.82) is 0 Å². The van der Waals surface area contributed by atoms with Crippen LogP contribution >= 0.6 is 11.9 Å². The van der Waals surface area contributed by atoms with Crippen LogP contribution < -0.4 is 19.1 Å². The van der Waals surface area contributed by atoms with E-state index in [-0.39, 0.29) is 5.92 Å². The van der Waals surface area contributed by atoms with Crippen LogP contribution in [-0.4, -0.2) is 27.3 Å². The average Bonchev–Trinajstić information content (AvgIpc) is 3.17. The summed E-state index contributed by atoms with van der Waals surface area (Å²) in [6.07, 6.45) is 4.36. The molecule has 2 aliphatic heterocycles. The van der Waals surface area contributed by atoms with Gasteiger partial charge in [0, 0.05) is 19.0 Å². The number of hydrogen-bond donors (Lipinski definition) is 1. The van der Waals surface area contributed by atoms with Crippen LogP contribution in [0.4, 0.5) is 11.4 Å². The quantitative estimate of drug-likeness (QED) is 0.532. The van der Waals surface area contributed by atoms with Gasteiger partial charge in [-0.2, -0.15) is 0 Å². The van der Waals surface area contributed by atoms with Gasteiger partial charge in [0.15, 0.2) is 11.5 Å². The molecule has 1 atom stereocenters. The van der Waals surface area contributed by atoms with Crippen molar-refractivity contribution in [2.45, 2.75) is 10.8 Å². The highest BCUT2D eigenvalue weighted by atomic mass is 32.2. The predicted octanol–water partition coefficient (Wildman–Crippen LogP) is 5.80. The first-order valence-corrected chi connectivity index (χ1v) is 10.9. The molecule has 4 nitrogen and oxygen atoms in total. The Morgan fingerprint density at radius 3 is 2.70 bits per heavy atom. The summed E-state index contributed by atoms with van der Waals surface area (Å²) in [6.45, 7) is 1.77. The fraction of sp³-hybridized carbons (Fsp3) is 0.200. The summed E-state index contributed by atoms with van der Waals surface area (Å²) in [5.41, 5.74) is 6.31. The van der Waals surface area contributed by atoms with E-state index in [0.717, 1.165) is 24.6 Å². The minimum Gasteiger partial charge on any atom is -0.493 e. The number of benzene rings is 3. The molecule has 5 rings (SSSR count). The van der Waals surface area contributed by atoms with E-state index in [1.54, 1.807) is 26.2 Å². The number of anilines is 2. The molecule has 3 aromatic rings. The lowest BCUT2D eigenvalue weighted by Crippen LogP contribution is -2.15. The molecule has 0 radical (unpaired) electrons. The van der Waals surface area contributed by atoms with Crippen LogP contribution in [0.2, 0.25) is 0 Å². The second kappa shape index (κ2) is 8.00. The van der Waals surface area contributed by atoms with Gasteiger partial charge >= 0.3 is 0 Å². The maximum Gasteiger partial charge on any atom is 0.161 e. The second-order valence-electron chi connectivity index (χ2n) is 7.38. The summed E-state index contributed by atoms with van der Waals surface area (Å²) in [5, 5.41) is 3.54. The summed E-state index contributed by atoms with van der Waals surface area (Å²) < 4.78 is 13.4. The van der Waals surface area contributed by atoms with E-state index in [2.05, 4.69) is 76.4 Å². The smallest absolute Gasteiger partial charge is 0.161 e. The molecule has 0 amide bonds. The van der Waals surface area contributed by atoms with Crippen LogP contribution in [0.3, 0.4) is 0 Å². The van der Waals surface area contributed by atoms with E-state index in [4.69, 9.17) is 9.47 Å². The number of para-hydroxylation sites is 2. The van der Waals surface area contributed by atoms with Crippen LogP contribution in [0.1, 0.15) is 22.6 Å². The molecule has 0 aliphatic carbocycles. The van der Waals surface area contributed by atoms with Gasteiger partial charge in [0.1, 0.15) is 0 Å². The lowest BCUT2D eigenvalue weighted by atomic mass is 9.93. The summed E-state index contributed by atoms with van der Waals surface area (Å²) >= 11 is 1.81. The van der Waals surface area contributed by atoms with E-state index in [1.165, 1.54) is 33.0 Å². The molecule has 30 heavy (non-hydrogen) atoms. The molecule has 5 heteroatoms. The molecule has 1 N–H and O–H groups in total. The highest BCUT2D eigenvalue weighted by Crippen LogP contribution is 2.47. The molecule has 0 saturated heterocycles. The highest BCUT2D eigenvalue weighted by molar-refractivity contribution is 8.00. The summed E-state index contributed by atoms with van der Waals surface area (Å²) in [5.74, 6) is 1.81. The van der Waals surface area contributed by atoms with Crippen LogP contribution in [0.15, 0.2) is 71.6 Å². The molecule has 0 bridgehead atoms. The van der Waals surface area contributed by atoms with Crippen LogP contribution in [-0.2, 0) is 0 Å². The number of rotatable bonds is 5. The van der Waals surface area contributed by atoms with Gasteiger partial charge in [-0.3, -0.25) is 0 Å². The predicted molar refractivity (Wildman–Crippen MR) is 125 cm³/mol. The van der Waals surface area contributed by atoms with Gasteiger partial charge in [-0.15, -0.1) is 0 Å². The zero-order chi connectivity index (χ0) is 20.5. The molecule has 1 unspecified atom stereocenters. The molecule has 3 aromatic carbocycles. The van der Waals surface area contributed by atoms with E-state index >= 15 is 0 Å².